The van der Waals surface area contributed by atoms with E-state index >= 15 is 0 Å². The largest absolute Gasteiger partial charge is 0.355 e. The van der Waals surface area contributed by atoms with Crippen LogP contribution < -0.4 is 5.32 Å². The lowest BCUT2D eigenvalue weighted by atomic mass is 9.74. The first-order chi connectivity index (χ1) is 11.7. The molecule has 2 aliphatic rings. The second kappa shape index (κ2) is 7.75. The van der Waals surface area contributed by atoms with Crippen LogP contribution in [-0.4, -0.2) is 49.5 Å². The smallest absolute Gasteiger partial charge is 0.251 e. The Morgan fingerprint density at radius 2 is 2.04 bits per heavy atom. The number of amides is 1. The molecule has 1 amide bonds. The number of hydrogen-bond donors (Lipinski definition) is 1. The summed E-state index contributed by atoms with van der Waals surface area (Å²) in [7, 11) is 1.72. The molecule has 1 aromatic rings. The molecule has 1 aliphatic heterocycles. The minimum Gasteiger partial charge on any atom is -0.355 e. The highest BCUT2D eigenvalue weighted by Gasteiger charge is 2.41. The van der Waals surface area contributed by atoms with Crippen LogP contribution in [0.15, 0.2) is 30.3 Å². The quantitative estimate of drug-likeness (QED) is 0.800. The fourth-order valence-electron chi connectivity index (χ4n) is 4.08. The summed E-state index contributed by atoms with van der Waals surface area (Å²) < 4.78 is 0. The zero-order valence-corrected chi connectivity index (χ0v) is 15.6. The first kappa shape index (κ1) is 17.6. The molecular weight excluding hydrogens is 316 g/mol. The van der Waals surface area contributed by atoms with Crippen molar-refractivity contribution in [3.8, 4) is 0 Å². The molecule has 0 atom stereocenters. The molecule has 1 N–H and O–H groups in total. The second-order valence-corrected chi connectivity index (χ2v) is 7.87. The van der Waals surface area contributed by atoms with Gasteiger partial charge in [-0.3, -0.25) is 4.79 Å². The molecule has 0 unspecified atom stereocenters. The Bertz CT molecular complexity index is 624. The number of nitrogens with one attached hydrogen (secondary N) is 1. The van der Waals surface area contributed by atoms with Gasteiger partial charge in [-0.1, -0.05) is 30.3 Å². The van der Waals surface area contributed by atoms with Crippen molar-refractivity contribution in [2.45, 2.75) is 31.1 Å². The van der Waals surface area contributed by atoms with Gasteiger partial charge in [-0.25, -0.2) is 0 Å². The highest BCUT2D eigenvalue weighted by Crippen LogP contribution is 2.47. The molecule has 0 saturated carbocycles. The van der Waals surface area contributed by atoms with Gasteiger partial charge in [0.2, 0.25) is 0 Å². The van der Waals surface area contributed by atoms with E-state index in [1.807, 2.05) is 17.8 Å². The van der Waals surface area contributed by atoms with Crippen LogP contribution >= 0.6 is 11.8 Å². The van der Waals surface area contributed by atoms with Gasteiger partial charge in [0.1, 0.15) is 0 Å². The van der Waals surface area contributed by atoms with Crippen molar-refractivity contribution < 1.29 is 6.22 Å². The maximum Gasteiger partial charge on any atom is 0.251 e. The normalized spacial score (nSPS) is 19.2. The molecule has 132 valence electrons. The lowest BCUT2D eigenvalue weighted by molar-refractivity contribution is -0.115. The summed E-state index contributed by atoms with van der Waals surface area (Å²) in [6, 6.07) is 8.46. The fourth-order valence-corrected chi connectivity index (χ4v) is 4.57. The number of benzene rings is 1. The number of hydrogen-bond acceptors (Lipinski definition) is 3. The van der Waals surface area contributed by atoms with E-state index in [1.165, 1.54) is 30.7 Å². The Balaban J connectivity index is 0.00000225. The lowest BCUT2D eigenvalue weighted by Crippen LogP contribution is -2.41. The molecule has 1 aromatic carbocycles. The van der Waals surface area contributed by atoms with Crippen molar-refractivity contribution >= 4 is 23.2 Å². The number of piperidine rings is 1. The van der Waals surface area contributed by atoms with Crippen LogP contribution in [0.4, 0.5) is 0 Å². The van der Waals surface area contributed by atoms with Gasteiger partial charge in [-0.2, -0.15) is 11.8 Å². The number of likely N-dealkylation sites (tertiary alicyclic amines) is 1. The monoisotopic (exact) mass is 346 g/mol. The average molecular weight is 347 g/mol. The van der Waals surface area contributed by atoms with Gasteiger partial charge in [0.25, 0.3) is 5.91 Å². The number of unbranched alkanes of at least 4 members (excludes halogenated alkanes) is 1. The Morgan fingerprint density at radius 3 is 2.75 bits per heavy atom. The highest BCUT2D eigenvalue weighted by atomic mass is 32.2. The predicted octanol–water partition coefficient (Wildman–Crippen LogP) is 3.55. The number of allylic oxidation sites excluding steroid dienone is 1. The van der Waals surface area contributed by atoms with Gasteiger partial charge in [-0.15, -0.1) is 0 Å². The van der Waals surface area contributed by atoms with Crippen molar-refractivity contribution in [2.75, 3.05) is 38.7 Å². The van der Waals surface area contributed by atoms with E-state index in [4.69, 9.17) is 0 Å². The molecule has 4 heteroatoms. The van der Waals surface area contributed by atoms with E-state index in [9.17, 15) is 4.79 Å². The van der Waals surface area contributed by atoms with Gasteiger partial charge in [0, 0.05) is 19.5 Å². The van der Waals surface area contributed by atoms with Gasteiger partial charge in [0.15, 0.2) is 0 Å². The van der Waals surface area contributed by atoms with Crippen molar-refractivity contribution in [1.29, 1.82) is 0 Å². The maximum absolute atomic E-state index is 12.3. The third-order valence-corrected chi connectivity index (χ3v) is 6.16. The Kier molecular flexibility index (Phi) is 5.67. The summed E-state index contributed by atoms with van der Waals surface area (Å²) in [6.07, 6.45) is 9.27. The number of thioether (sulfide) groups is 1. The van der Waals surface area contributed by atoms with Crippen molar-refractivity contribution in [3.63, 3.8) is 0 Å². The number of likely N-dealkylation sites (N-methyl/N-ethyl adjacent to an activating group) is 1. The molecule has 24 heavy (non-hydrogen) atoms. The maximum atomic E-state index is 12.3. The van der Waals surface area contributed by atoms with Crippen LogP contribution in [0.25, 0.3) is 5.57 Å². The average Bonchev–Trinajstić information content (AvgIpc) is 2.94. The van der Waals surface area contributed by atoms with Crippen LogP contribution in [-0.2, 0) is 10.2 Å². The van der Waals surface area contributed by atoms with E-state index in [2.05, 4.69) is 40.7 Å². The minimum absolute atomic E-state index is 0. The van der Waals surface area contributed by atoms with Gasteiger partial charge in [0.05, 0.1) is 0 Å². The molecule has 1 aliphatic carbocycles. The lowest BCUT2D eigenvalue weighted by Gasteiger charge is -2.39. The molecule has 0 bridgehead atoms. The first-order valence-electron chi connectivity index (χ1n) is 8.96. The summed E-state index contributed by atoms with van der Waals surface area (Å²) >= 11 is 1.94. The Labute approximate surface area is 151 Å². The molecule has 0 aromatic heterocycles. The molecular formula is C20H30N2OS. The standard InChI is InChI=1S/C20H28N2OS.H2/c1-21-19(23)17-15-20(18-8-4-3-7-16(17)18)9-12-22(13-10-20)11-5-6-14-24-2;/h3-4,7-8,15H,5-6,9-14H2,1-2H3,(H,21,23);1H. The number of fused-ring (bicyclic) bond motifs is 2. The second-order valence-electron chi connectivity index (χ2n) is 6.88. The van der Waals surface area contributed by atoms with Crippen LogP contribution in [0.5, 0.6) is 0 Å². The Morgan fingerprint density at radius 1 is 1.29 bits per heavy atom. The highest BCUT2D eigenvalue weighted by molar-refractivity contribution is 7.98. The summed E-state index contributed by atoms with van der Waals surface area (Å²) in [5.74, 6) is 1.31. The van der Waals surface area contributed by atoms with Crippen molar-refractivity contribution in [2.24, 2.45) is 0 Å². The van der Waals surface area contributed by atoms with Gasteiger partial charge < -0.3 is 10.2 Å². The molecule has 1 saturated heterocycles. The summed E-state index contributed by atoms with van der Waals surface area (Å²) in [5.41, 5.74) is 3.41. The fraction of sp³-hybridized carbons (Fsp3) is 0.550. The predicted molar refractivity (Wildman–Crippen MR) is 106 cm³/mol. The Hall–Kier alpha value is -1.26. The topological polar surface area (TPSA) is 32.3 Å². The SMILES string of the molecule is CNC(=O)C1=CC2(CCN(CCCCSC)CC2)c2ccccc21.[HH]. The molecule has 0 radical (unpaired) electrons. The molecule has 1 heterocycles. The number of rotatable bonds is 6. The number of carbonyl (C=O) groups excluding carboxylic acids is 1. The zero-order chi connectivity index (χ0) is 17.0. The van der Waals surface area contributed by atoms with Gasteiger partial charge in [-0.05, 0) is 68.5 Å². The number of nitrogens with zero attached hydrogens (tertiary/aromatic N) is 1. The zero-order valence-electron chi connectivity index (χ0n) is 14.8. The minimum atomic E-state index is 0. The van der Waals surface area contributed by atoms with Crippen LogP contribution in [0.3, 0.4) is 0 Å². The summed E-state index contributed by atoms with van der Waals surface area (Å²) in [5, 5.41) is 2.80. The van der Waals surface area contributed by atoms with Crippen LogP contribution in [0.1, 0.15) is 38.2 Å². The molecule has 3 rings (SSSR count). The van der Waals surface area contributed by atoms with E-state index in [1.54, 1.807) is 7.05 Å². The summed E-state index contributed by atoms with van der Waals surface area (Å²) in [6.45, 7) is 3.47. The van der Waals surface area contributed by atoms with E-state index in [-0.39, 0.29) is 12.7 Å². The van der Waals surface area contributed by atoms with E-state index in [0.717, 1.165) is 37.1 Å². The first-order valence-corrected chi connectivity index (χ1v) is 10.4. The van der Waals surface area contributed by atoms with Gasteiger partial charge >= 0.3 is 0 Å². The van der Waals surface area contributed by atoms with Crippen molar-refractivity contribution in [3.05, 3.63) is 41.5 Å². The molecule has 3 nitrogen and oxygen atoms in total. The molecule has 1 spiro atoms. The summed E-state index contributed by atoms with van der Waals surface area (Å²) in [4.78, 5) is 14.9. The van der Waals surface area contributed by atoms with Crippen LogP contribution in [0, 0.1) is 0 Å². The third kappa shape index (κ3) is 3.40. The number of carbonyl (C=O) groups is 1. The third-order valence-electron chi connectivity index (χ3n) is 5.47. The van der Waals surface area contributed by atoms with E-state index in [0.29, 0.717) is 0 Å². The van der Waals surface area contributed by atoms with Crippen molar-refractivity contribution in [1.82, 2.24) is 10.2 Å². The van der Waals surface area contributed by atoms with E-state index < -0.39 is 0 Å². The molecule has 1 fully saturated rings. The van der Waals surface area contributed by atoms with Crippen LogP contribution in [0.2, 0.25) is 0 Å².